The van der Waals surface area contributed by atoms with Crippen LogP contribution in [0.15, 0.2) is 4.99 Å². The van der Waals surface area contributed by atoms with Crippen LogP contribution in [0, 0.1) is 6.92 Å². The van der Waals surface area contributed by atoms with E-state index in [4.69, 9.17) is 4.99 Å². The molecule has 7 heteroatoms. The molecule has 1 aliphatic heterocycles. The Labute approximate surface area is 164 Å². The standard InChI is InChI=1S/C20H37N7/c1-5-27-13-9-12-18(27)15-25(3)20(22-17-10-7-6-8-11-17)21-14-19-24-23-16(2)26(19)4/h17-18H,5-15H2,1-4H3,(H,21,22). The van der Waals surface area contributed by atoms with Crippen LogP contribution in [0.5, 0.6) is 0 Å². The first-order valence-corrected chi connectivity index (χ1v) is 10.7. The van der Waals surface area contributed by atoms with E-state index in [1.807, 2.05) is 18.5 Å². The van der Waals surface area contributed by atoms with Crippen molar-refractivity contribution in [3.63, 3.8) is 0 Å². The monoisotopic (exact) mass is 375 g/mol. The van der Waals surface area contributed by atoms with Crippen LogP contribution in [0.3, 0.4) is 0 Å². The van der Waals surface area contributed by atoms with Gasteiger partial charge in [-0.15, -0.1) is 10.2 Å². The first-order chi connectivity index (χ1) is 13.1. The third-order valence-electron chi connectivity index (χ3n) is 6.24. The number of hydrogen-bond acceptors (Lipinski definition) is 4. The minimum Gasteiger partial charge on any atom is -0.354 e. The summed E-state index contributed by atoms with van der Waals surface area (Å²) < 4.78 is 2.03. The lowest BCUT2D eigenvalue weighted by molar-refractivity contribution is 0.231. The van der Waals surface area contributed by atoms with Gasteiger partial charge in [-0.25, -0.2) is 4.99 Å². The number of aryl methyl sites for hydroxylation is 1. The van der Waals surface area contributed by atoms with Crippen LogP contribution < -0.4 is 5.32 Å². The third-order valence-corrected chi connectivity index (χ3v) is 6.24. The van der Waals surface area contributed by atoms with Crippen molar-refractivity contribution in [3.05, 3.63) is 11.6 Å². The van der Waals surface area contributed by atoms with Crippen LogP contribution in [0.1, 0.15) is 63.5 Å². The molecule has 1 aromatic rings. The molecule has 0 radical (unpaired) electrons. The van der Waals surface area contributed by atoms with Gasteiger partial charge >= 0.3 is 0 Å². The zero-order chi connectivity index (χ0) is 19.2. The van der Waals surface area contributed by atoms with E-state index in [0.29, 0.717) is 18.6 Å². The Hall–Kier alpha value is -1.63. The lowest BCUT2D eigenvalue weighted by Crippen LogP contribution is -2.49. The van der Waals surface area contributed by atoms with Crippen LogP contribution >= 0.6 is 0 Å². The van der Waals surface area contributed by atoms with E-state index >= 15 is 0 Å². The van der Waals surface area contributed by atoms with Gasteiger partial charge in [-0.2, -0.15) is 0 Å². The predicted octanol–water partition coefficient (Wildman–Crippen LogP) is 2.32. The summed E-state index contributed by atoms with van der Waals surface area (Å²) in [7, 11) is 4.19. The summed E-state index contributed by atoms with van der Waals surface area (Å²) >= 11 is 0. The normalized spacial score (nSPS) is 22.4. The highest BCUT2D eigenvalue weighted by molar-refractivity contribution is 5.80. The third kappa shape index (κ3) is 5.21. The van der Waals surface area contributed by atoms with E-state index in [2.05, 4.69) is 39.3 Å². The highest BCUT2D eigenvalue weighted by Crippen LogP contribution is 2.19. The fraction of sp³-hybridized carbons (Fsp3) is 0.850. The van der Waals surface area contributed by atoms with Gasteiger partial charge in [0.25, 0.3) is 0 Å². The van der Waals surface area contributed by atoms with Crippen LogP contribution in [0.4, 0.5) is 0 Å². The van der Waals surface area contributed by atoms with Crippen molar-refractivity contribution in [3.8, 4) is 0 Å². The first kappa shape index (κ1) is 20.1. The Balaban J connectivity index is 1.69. The fourth-order valence-corrected chi connectivity index (χ4v) is 4.36. The van der Waals surface area contributed by atoms with Crippen LogP contribution in [0.25, 0.3) is 0 Å². The minimum absolute atomic E-state index is 0.548. The van der Waals surface area contributed by atoms with Crippen LogP contribution in [-0.4, -0.2) is 69.3 Å². The summed E-state index contributed by atoms with van der Waals surface area (Å²) in [6.45, 7) is 8.22. The maximum atomic E-state index is 4.94. The predicted molar refractivity (Wildman–Crippen MR) is 110 cm³/mol. The molecule has 27 heavy (non-hydrogen) atoms. The van der Waals surface area contributed by atoms with Crippen molar-refractivity contribution in [2.45, 2.75) is 77.4 Å². The van der Waals surface area contributed by atoms with E-state index in [1.54, 1.807) is 0 Å². The van der Waals surface area contributed by atoms with Gasteiger partial charge in [0.2, 0.25) is 0 Å². The minimum atomic E-state index is 0.548. The molecule has 1 atom stereocenters. The number of aromatic nitrogens is 3. The van der Waals surface area contributed by atoms with Crippen molar-refractivity contribution >= 4 is 5.96 Å². The molecule has 2 fully saturated rings. The summed E-state index contributed by atoms with van der Waals surface area (Å²) in [6, 6.07) is 1.18. The number of likely N-dealkylation sites (N-methyl/N-ethyl adjacent to an activating group) is 2. The molecular weight excluding hydrogens is 338 g/mol. The fourth-order valence-electron chi connectivity index (χ4n) is 4.36. The summed E-state index contributed by atoms with van der Waals surface area (Å²) in [4.78, 5) is 9.87. The van der Waals surface area contributed by atoms with E-state index in [0.717, 1.165) is 30.7 Å². The van der Waals surface area contributed by atoms with Crippen molar-refractivity contribution in [1.29, 1.82) is 0 Å². The van der Waals surface area contributed by atoms with Gasteiger partial charge < -0.3 is 14.8 Å². The number of nitrogens with zero attached hydrogens (tertiary/aromatic N) is 6. The second-order valence-electron chi connectivity index (χ2n) is 8.15. The molecule has 2 heterocycles. The van der Waals surface area contributed by atoms with Crippen molar-refractivity contribution in [2.24, 2.45) is 12.0 Å². The molecule has 0 amide bonds. The zero-order valence-corrected chi connectivity index (χ0v) is 17.6. The molecule has 0 aromatic carbocycles. The van der Waals surface area contributed by atoms with Gasteiger partial charge in [0.05, 0.1) is 0 Å². The summed E-state index contributed by atoms with van der Waals surface area (Å²) in [6.07, 6.45) is 9.12. The van der Waals surface area contributed by atoms with Crippen molar-refractivity contribution in [1.82, 2.24) is 29.9 Å². The van der Waals surface area contributed by atoms with E-state index in [-0.39, 0.29) is 0 Å². The van der Waals surface area contributed by atoms with Gasteiger partial charge in [-0.1, -0.05) is 26.2 Å². The zero-order valence-electron chi connectivity index (χ0n) is 17.6. The van der Waals surface area contributed by atoms with Gasteiger partial charge in [0.15, 0.2) is 11.8 Å². The first-order valence-electron chi connectivity index (χ1n) is 10.7. The molecule has 1 unspecified atom stereocenters. The molecule has 152 valence electrons. The number of aliphatic imine (C=N–C) groups is 1. The summed E-state index contributed by atoms with van der Waals surface area (Å²) in [5, 5.41) is 12.2. The quantitative estimate of drug-likeness (QED) is 0.611. The van der Waals surface area contributed by atoms with Gasteiger partial charge in [-0.3, -0.25) is 4.90 Å². The highest BCUT2D eigenvalue weighted by atomic mass is 15.3. The number of likely N-dealkylation sites (tertiary alicyclic amines) is 1. The molecule has 1 saturated heterocycles. The van der Waals surface area contributed by atoms with Gasteiger partial charge in [0.1, 0.15) is 12.4 Å². The molecule has 1 aliphatic carbocycles. The second-order valence-corrected chi connectivity index (χ2v) is 8.15. The number of rotatable bonds is 6. The number of hydrogen-bond donors (Lipinski definition) is 1. The Morgan fingerprint density at radius 2 is 1.96 bits per heavy atom. The Morgan fingerprint density at radius 1 is 1.19 bits per heavy atom. The largest absolute Gasteiger partial charge is 0.354 e. The Morgan fingerprint density at radius 3 is 2.63 bits per heavy atom. The number of nitrogens with one attached hydrogen (secondary N) is 1. The molecular formula is C20H37N7. The van der Waals surface area contributed by atoms with E-state index in [9.17, 15) is 0 Å². The van der Waals surface area contributed by atoms with E-state index in [1.165, 1.54) is 51.5 Å². The molecule has 7 nitrogen and oxygen atoms in total. The molecule has 1 saturated carbocycles. The van der Waals surface area contributed by atoms with Crippen LogP contribution in [-0.2, 0) is 13.6 Å². The maximum Gasteiger partial charge on any atom is 0.194 e. The summed E-state index contributed by atoms with van der Waals surface area (Å²) in [5.41, 5.74) is 0. The Bertz CT molecular complexity index is 618. The lowest BCUT2D eigenvalue weighted by Gasteiger charge is -2.32. The SMILES string of the molecule is CCN1CCCC1CN(C)C(=NCc1nnc(C)n1C)NC1CCCCC1. The molecule has 3 rings (SSSR count). The van der Waals surface area contributed by atoms with Crippen molar-refractivity contribution < 1.29 is 0 Å². The molecule has 2 aliphatic rings. The maximum absolute atomic E-state index is 4.94. The Kier molecular flexibility index (Phi) is 7.10. The van der Waals surface area contributed by atoms with Crippen LogP contribution in [0.2, 0.25) is 0 Å². The van der Waals surface area contributed by atoms with Gasteiger partial charge in [-0.05, 0) is 45.7 Å². The molecule has 1 N–H and O–H groups in total. The molecule has 0 spiro atoms. The highest BCUT2D eigenvalue weighted by Gasteiger charge is 2.26. The smallest absolute Gasteiger partial charge is 0.194 e. The molecule has 1 aromatic heterocycles. The average Bonchev–Trinajstić information content (AvgIpc) is 3.26. The molecule has 0 bridgehead atoms. The summed E-state index contributed by atoms with van der Waals surface area (Å²) in [5.74, 6) is 2.87. The van der Waals surface area contributed by atoms with Crippen molar-refractivity contribution in [2.75, 3.05) is 26.7 Å². The van der Waals surface area contributed by atoms with E-state index < -0.39 is 0 Å². The topological polar surface area (TPSA) is 61.6 Å². The van der Waals surface area contributed by atoms with Gasteiger partial charge in [0, 0.05) is 32.7 Å². The second kappa shape index (κ2) is 9.53. The number of guanidine groups is 1. The lowest BCUT2D eigenvalue weighted by atomic mass is 9.96. The average molecular weight is 376 g/mol.